The molecule has 2 aromatic rings. The molecule has 266 valence electrons. The average molecular weight is 746 g/mol. The van der Waals surface area contributed by atoms with Gasteiger partial charge in [-0.1, -0.05) is 6.08 Å². The number of hydrogen-bond donors (Lipinski definition) is 9. The summed E-state index contributed by atoms with van der Waals surface area (Å²) in [5.41, 5.74) is 10.9. The van der Waals surface area contributed by atoms with Crippen LogP contribution < -0.4 is 11.5 Å². The highest BCUT2D eigenvalue weighted by atomic mass is 31.3. The van der Waals surface area contributed by atoms with Gasteiger partial charge in [-0.2, -0.15) is 4.31 Å². The van der Waals surface area contributed by atoms with Crippen LogP contribution in [0.1, 0.15) is 14.0 Å². The molecule has 5 heterocycles. The van der Waals surface area contributed by atoms with Crippen molar-refractivity contribution < 1.29 is 82.1 Å². The number of aliphatic hydroxyl groups excluding tert-OH is 3. The van der Waals surface area contributed by atoms with Crippen molar-refractivity contribution in [1.82, 2.24) is 24.4 Å². The van der Waals surface area contributed by atoms with Gasteiger partial charge in [-0.05, 0) is 6.40 Å². The topological polar surface area (TPSA) is 364 Å². The van der Waals surface area contributed by atoms with Crippen molar-refractivity contribution in [2.45, 2.75) is 55.5 Å². The molecule has 0 aliphatic carbocycles. The van der Waals surface area contributed by atoms with E-state index in [1.165, 1.54) is 12.3 Å². The van der Waals surface area contributed by atoms with Crippen LogP contribution in [0.2, 0.25) is 0 Å². The summed E-state index contributed by atoms with van der Waals surface area (Å²) < 4.78 is 75.0. The number of carbonyl (C=O) groups excluding carboxylic acids is 1. The minimum atomic E-state index is -5.54. The third kappa shape index (κ3) is 8.17. The molecule has 27 heteroatoms. The largest absolute Gasteiger partial charge is 0.481 e. The fourth-order valence-electron chi connectivity index (χ4n) is 4.83. The number of nitrogen functional groups attached to an aromatic ring is 1. The third-order valence-electron chi connectivity index (χ3n) is 6.98. The molecule has 11 atom stereocenters. The number of aromatic nitrogens is 4. The van der Waals surface area contributed by atoms with E-state index in [1.807, 2.05) is 0 Å². The zero-order chi connectivity index (χ0) is 36.1. The number of phosphoric ester groups is 3. The van der Waals surface area contributed by atoms with Gasteiger partial charge in [-0.3, -0.25) is 22.9 Å². The predicted molar refractivity (Wildman–Crippen MR) is 153 cm³/mol. The Morgan fingerprint density at radius 3 is 2.23 bits per heavy atom. The Labute approximate surface area is 270 Å². The highest BCUT2D eigenvalue weighted by Gasteiger charge is 2.51. The van der Waals surface area contributed by atoms with Gasteiger partial charge in [-0.15, -0.1) is 0 Å². The van der Waals surface area contributed by atoms with Gasteiger partial charge in [0.15, 0.2) is 23.9 Å². The average Bonchev–Trinajstić information content (AvgIpc) is 3.64. The van der Waals surface area contributed by atoms with E-state index in [0.29, 0.717) is 0 Å². The molecular formula is C21H30N7O17P3. The van der Waals surface area contributed by atoms with Gasteiger partial charge < -0.3 is 60.7 Å². The number of nitrogens with zero attached hydrogens (tertiary/aromatic N) is 5. The number of rotatable bonds is 13. The molecule has 0 aromatic carbocycles. The normalized spacial score (nSPS) is 33.7. The van der Waals surface area contributed by atoms with Crippen LogP contribution in [-0.2, 0) is 45.8 Å². The van der Waals surface area contributed by atoms with Crippen molar-refractivity contribution in [3.05, 3.63) is 36.7 Å². The molecule has 2 unspecified atom stereocenters. The summed E-state index contributed by atoms with van der Waals surface area (Å²) in [6.07, 6.45) is -8.74. The summed E-state index contributed by atoms with van der Waals surface area (Å²) in [5, 5.41) is 31.6. The zero-order valence-electron chi connectivity index (χ0n) is 24.9. The third-order valence-corrected chi connectivity index (χ3v) is 10.1. The first-order valence-corrected chi connectivity index (χ1v) is 17.9. The van der Waals surface area contributed by atoms with Crippen LogP contribution in [0.3, 0.4) is 0 Å². The summed E-state index contributed by atoms with van der Waals surface area (Å²) >= 11 is 0. The van der Waals surface area contributed by atoms with Gasteiger partial charge in [0.2, 0.25) is 5.91 Å². The van der Waals surface area contributed by atoms with Gasteiger partial charge in [0.1, 0.15) is 48.5 Å². The molecule has 24 nitrogen and oxygen atoms in total. The van der Waals surface area contributed by atoms with Crippen molar-refractivity contribution in [3.8, 4) is 0 Å². The first-order valence-electron chi connectivity index (χ1n) is 13.9. The van der Waals surface area contributed by atoms with Crippen LogP contribution in [0.4, 0.5) is 5.82 Å². The van der Waals surface area contributed by atoms with Gasteiger partial charge >= 0.3 is 23.5 Å². The van der Waals surface area contributed by atoms with Crippen LogP contribution in [0.5, 0.6) is 0 Å². The van der Waals surface area contributed by atoms with Crippen LogP contribution in [-0.4, -0.2) is 121 Å². The second-order valence-corrected chi connectivity index (χ2v) is 14.5. The second kappa shape index (κ2) is 13.9. The molecular weight excluding hydrogens is 715 g/mol. The number of phosphoric acid groups is 3. The maximum Gasteiger partial charge on any atom is 0.481 e. The van der Waals surface area contributed by atoms with Crippen molar-refractivity contribution in [2.24, 2.45) is 5.73 Å². The lowest BCUT2D eigenvalue weighted by Gasteiger charge is -2.28. The fraction of sp³-hybridized carbons (Fsp3) is 0.524. The van der Waals surface area contributed by atoms with Gasteiger partial charge in [-0.25, -0.2) is 28.6 Å². The van der Waals surface area contributed by atoms with E-state index in [9.17, 15) is 53.4 Å². The van der Waals surface area contributed by atoms with Crippen LogP contribution in [0, 0.1) is 0 Å². The van der Waals surface area contributed by atoms with Crippen LogP contribution >= 0.6 is 23.5 Å². The second-order valence-electron chi connectivity index (χ2n) is 10.3. The lowest BCUT2D eigenvalue weighted by atomic mass is 10.1. The number of ether oxygens (including phenoxy) is 2. The number of allylic oxidation sites excluding steroid dienone is 1. The lowest BCUT2D eigenvalue weighted by molar-refractivity contribution is -0.115. The number of hydrogen-bond acceptors (Lipinski definition) is 18. The van der Waals surface area contributed by atoms with Crippen molar-refractivity contribution >= 4 is 46.4 Å². The first kappa shape index (κ1) is 35.1. The molecule has 11 N–H and O–H groups in total. The molecule has 0 bridgehead atoms. The summed E-state index contributed by atoms with van der Waals surface area (Å²) in [6, 6.07) is 0. The Hall–Kier alpha value is -2.73. The number of amides is 1. The summed E-state index contributed by atoms with van der Waals surface area (Å²) in [5.74, 6) is -0.987. The molecule has 48 heavy (non-hydrogen) atoms. The number of aliphatic hydroxyl groups is 3. The number of carbonyl (C=O) groups is 1. The molecule has 0 spiro atoms. The Morgan fingerprint density at radius 1 is 0.979 bits per heavy atom. The number of primary amides is 1. The first-order chi connectivity index (χ1) is 22.8. The summed E-state index contributed by atoms with van der Waals surface area (Å²) in [7, 11) is -16.3. The maximum atomic E-state index is 12.6. The minimum absolute atomic E-state index is 0.00363. The molecule has 2 fully saturated rings. The van der Waals surface area contributed by atoms with E-state index in [-0.39, 0.29) is 22.6 Å². The highest BCUT2D eigenvalue weighted by Crippen LogP contribution is 2.61. The van der Waals surface area contributed by atoms with Gasteiger partial charge in [0.05, 0.1) is 19.5 Å². The van der Waals surface area contributed by atoms with Crippen LogP contribution in [0.15, 0.2) is 36.7 Å². The fourth-order valence-corrected chi connectivity index (χ4v) is 7.47. The number of nitrogens with two attached hydrogens (primary N) is 2. The van der Waals surface area contributed by atoms with E-state index >= 15 is 0 Å². The van der Waals surface area contributed by atoms with Crippen molar-refractivity contribution in [2.75, 3.05) is 18.9 Å². The van der Waals surface area contributed by atoms with Crippen molar-refractivity contribution in [1.29, 1.82) is 0 Å². The molecule has 0 saturated carbocycles. The van der Waals surface area contributed by atoms with E-state index in [4.69, 9.17) is 26.8 Å². The molecule has 3 aliphatic heterocycles. The van der Waals surface area contributed by atoms with Gasteiger partial charge in [0.25, 0.3) is 0 Å². The van der Waals surface area contributed by atoms with E-state index in [1.54, 1.807) is 0 Å². The SMILES string of the molecule is [2H][C@H]1C=CN([C@@H]2O[C@H](COP(=O)(O)OP(=O)(O)OC[C@H]3O[C@@H](n4cnc5c(N)ncnc54)[C@H](OP(=O)(O)O)[C@@H]3O)[C@@H](O)[C@H]2O)C=C1C(N)=O. The number of anilines is 1. The Bertz CT molecular complexity index is 1780. The number of imidazole rings is 1. The monoisotopic (exact) mass is 746 g/mol. The molecule has 5 rings (SSSR count). The predicted octanol–water partition coefficient (Wildman–Crippen LogP) is -2.57. The van der Waals surface area contributed by atoms with E-state index in [2.05, 4.69) is 28.3 Å². The zero-order valence-corrected chi connectivity index (χ0v) is 26.6. The van der Waals surface area contributed by atoms with Crippen LogP contribution in [0.25, 0.3) is 11.2 Å². The standard InChI is InChI=1S/C21H30N7O17P3/c22-17-12-19(25-7-24-17)28(8-26-12)21-16(44-46(33,34)35)14(30)11(43-21)6-41-48(38,39)45-47(36,37)40-5-10-13(29)15(31)20(42-10)27-3-1-2-9(4-27)18(23)32/h1,3-4,7-8,10-11,13-16,20-21,29-31H,2,5-6H2,(H2,23,32)(H,36,37)(H,38,39)(H2,22,24,25)(H2,33,34,35)/t10-,11-,13-,14-,15-,16-,20-,21-/m1/s1/i2D/t2-,10+,11+,13+,14+,15+,16+,20+,21+/m0. The summed E-state index contributed by atoms with van der Waals surface area (Å²) in [6.45, 7) is -2.08. The lowest BCUT2D eigenvalue weighted by Crippen LogP contribution is -2.40. The molecule has 2 aromatic heterocycles. The highest BCUT2D eigenvalue weighted by molar-refractivity contribution is 7.61. The van der Waals surface area contributed by atoms with E-state index < -0.39 is 98.1 Å². The molecule has 1 amide bonds. The minimum Gasteiger partial charge on any atom is -0.387 e. The van der Waals surface area contributed by atoms with Crippen molar-refractivity contribution in [3.63, 3.8) is 0 Å². The van der Waals surface area contributed by atoms with E-state index in [0.717, 1.165) is 28.3 Å². The summed E-state index contributed by atoms with van der Waals surface area (Å²) in [4.78, 5) is 63.4. The Kier molecular flexibility index (Phi) is 10.2. The molecule has 2 saturated heterocycles. The molecule has 3 aliphatic rings. The van der Waals surface area contributed by atoms with Gasteiger partial charge in [0, 0.05) is 19.3 Å². The number of fused-ring (bicyclic) bond motifs is 1. The smallest absolute Gasteiger partial charge is 0.387 e. The quantitative estimate of drug-likeness (QED) is 0.0951. The maximum absolute atomic E-state index is 12.6. The Balaban J connectivity index is 1.20. The molecule has 0 radical (unpaired) electrons. The Morgan fingerprint density at radius 2 is 1.60 bits per heavy atom.